The predicted octanol–water partition coefficient (Wildman–Crippen LogP) is 4.16. The molecule has 0 aromatic heterocycles. The molecule has 0 bridgehead atoms. The Bertz CT molecular complexity index is 579. The van der Waals surface area contributed by atoms with E-state index in [1.807, 2.05) is 60.7 Å². The fraction of sp³-hybridized carbons (Fsp3) is 0.300. The molecule has 0 fully saturated rings. The molecule has 0 heterocycles. The standard InChI is InChI=1S/C12H16O.C8H9NO/c1-2-3-5-10-12(13)11-8-6-4-7-9-11;9-8(10)6-7-4-2-1-3-5-7/h4,6-9H,2-3,5,10H2,1H3;1-5H,6H2,(H2,9,10). The van der Waals surface area contributed by atoms with Crippen LogP contribution in [0.25, 0.3) is 0 Å². The van der Waals surface area contributed by atoms with Crippen LogP contribution in [0.1, 0.15) is 48.5 Å². The van der Waals surface area contributed by atoms with Gasteiger partial charge in [0.1, 0.15) is 0 Å². The zero-order valence-electron chi connectivity index (χ0n) is 13.7. The van der Waals surface area contributed by atoms with Crippen LogP contribution in [-0.4, -0.2) is 11.7 Å². The van der Waals surface area contributed by atoms with Crippen LogP contribution in [0.15, 0.2) is 60.7 Å². The summed E-state index contributed by atoms with van der Waals surface area (Å²) in [5, 5.41) is 0. The van der Waals surface area contributed by atoms with E-state index in [1.165, 1.54) is 6.42 Å². The number of rotatable bonds is 7. The van der Waals surface area contributed by atoms with Crippen molar-refractivity contribution in [3.05, 3.63) is 71.8 Å². The van der Waals surface area contributed by atoms with Gasteiger partial charge in [0.05, 0.1) is 6.42 Å². The molecule has 0 saturated carbocycles. The van der Waals surface area contributed by atoms with E-state index in [4.69, 9.17) is 5.73 Å². The molecule has 0 aliphatic heterocycles. The highest BCUT2D eigenvalue weighted by molar-refractivity contribution is 5.95. The van der Waals surface area contributed by atoms with Crippen LogP contribution in [0, 0.1) is 0 Å². The van der Waals surface area contributed by atoms with Crippen molar-refractivity contribution in [1.82, 2.24) is 0 Å². The van der Waals surface area contributed by atoms with E-state index in [9.17, 15) is 9.59 Å². The van der Waals surface area contributed by atoms with Gasteiger partial charge >= 0.3 is 0 Å². The van der Waals surface area contributed by atoms with Gasteiger partial charge in [-0.2, -0.15) is 0 Å². The first-order chi connectivity index (χ1) is 11.1. The molecule has 2 rings (SSSR count). The summed E-state index contributed by atoms with van der Waals surface area (Å²) in [7, 11) is 0. The molecule has 0 radical (unpaired) electrons. The summed E-state index contributed by atoms with van der Waals surface area (Å²) in [5.74, 6) is -0.0137. The average molecular weight is 311 g/mol. The van der Waals surface area contributed by atoms with Gasteiger partial charge in [-0.05, 0) is 12.0 Å². The van der Waals surface area contributed by atoms with Crippen LogP contribution >= 0.6 is 0 Å². The lowest BCUT2D eigenvalue weighted by Gasteiger charge is -1.99. The molecule has 23 heavy (non-hydrogen) atoms. The van der Waals surface area contributed by atoms with Gasteiger partial charge in [0.2, 0.25) is 5.91 Å². The normalized spacial score (nSPS) is 9.61. The molecule has 0 saturated heterocycles. The zero-order chi connectivity index (χ0) is 16.9. The Morgan fingerprint density at radius 2 is 1.43 bits per heavy atom. The molecule has 0 aliphatic rings. The van der Waals surface area contributed by atoms with E-state index in [-0.39, 0.29) is 11.7 Å². The maximum absolute atomic E-state index is 11.5. The SMILES string of the molecule is CCCCCC(=O)c1ccccc1.NC(=O)Cc1ccccc1. The van der Waals surface area contributed by atoms with Crippen molar-refractivity contribution in [1.29, 1.82) is 0 Å². The summed E-state index contributed by atoms with van der Waals surface area (Å²) in [6.45, 7) is 2.15. The molecule has 2 aromatic rings. The van der Waals surface area contributed by atoms with Gasteiger partial charge in [-0.3, -0.25) is 9.59 Å². The summed E-state index contributed by atoms with van der Waals surface area (Å²) < 4.78 is 0. The number of amides is 1. The van der Waals surface area contributed by atoms with Crippen LogP contribution in [0.4, 0.5) is 0 Å². The predicted molar refractivity (Wildman–Crippen MR) is 94.3 cm³/mol. The number of benzene rings is 2. The van der Waals surface area contributed by atoms with E-state index in [1.54, 1.807) is 0 Å². The van der Waals surface area contributed by atoms with E-state index < -0.39 is 0 Å². The van der Waals surface area contributed by atoms with E-state index >= 15 is 0 Å². The maximum Gasteiger partial charge on any atom is 0.221 e. The molecule has 1 amide bonds. The maximum atomic E-state index is 11.5. The topological polar surface area (TPSA) is 60.2 Å². The Morgan fingerprint density at radius 3 is 1.96 bits per heavy atom. The van der Waals surface area contributed by atoms with E-state index in [0.29, 0.717) is 12.8 Å². The fourth-order valence-corrected chi connectivity index (χ4v) is 2.10. The van der Waals surface area contributed by atoms with Crippen LogP contribution in [0.2, 0.25) is 0 Å². The lowest BCUT2D eigenvalue weighted by molar-refractivity contribution is -0.117. The Morgan fingerprint density at radius 1 is 0.870 bits per heavy atom. The Labute approximate surface area is 138 Å². The van der Waals surface area contributed by atoms with Crippen molar-refractivity contribution in [2.24, 2.45) is 5.73 Å². The third-order valence-electron chi connectivity index (χ3n) is 3.32. The summed E-state index contributed by atoms with van der Waals surface area (Å²) in [6, 6.07) is 19.0. The lowest BCUT2D eigenvalue weighted by atomic mass is 10.1. The molecule has 0 spiro atoms. The van der Waals surface area contributed by atoms with Crippen molar-refractivity contribution in [2.75, 3.05) is 0 Å². The van der Waals surface area contributed by atoms with Crippen molar-refractivity contribution in [3.8, 4) is 0 Å². The minimum Gasteiger partial charge on any atom is -0.369 e. The monoisotopic (exact) mass is 311 g/mol. The van der Waals surface area contributed by atoms with Gasteiger partial charge in [-0.1, -0.05) is 80.4 Å². The summed E-state index contributed by atoms with van der Waals surface area (Å²) in [6.07, 6.45) is 4.36. The number of unbranched alkanes of at least 4 members (excludes halogenated alkanes) is 2. The molecule has 2 N–H and O–H groups in total. The third-order valence-corrected chi connectivity index (χ3v) is 3.32. The molecule has 3 nitrogen and oxygen atoms in total. The minimum atomic E-state index is -0.286. The third kappa shape index (κ3) is 8.57. The van der Waals surface area contributed by atoms with Crippen LogP contribution in [0.3, 0.4) is 0 Å². The number of primary amides is 1. The second kappa shape index (κ2) is 11.2. The van der Waals surface area contributed by atoms with Gasteiger partial charge in [0, 0.05) is 12.0 Å². The van der Waals surface area contributed by atoms with E-state index in [2.05, 4.69) is 6.92 Å². The lowest BCUT2D eigenvalue weighted by Crippen LogP contribution is -2.13. The van der Waals surface area contributed by atoms with Gasteiger partial charge < -0.3 is 5.73 Å². The number of nitrogens with two attached hydrogens (primary N) is 1. The number of Topliss-reactive ketones (excluding diaryl/α,β-unsaturated/α-hetero) is 1. The molecule has 3 heteroatoms. The molecule has 2 aromatic carbocycles. The van der Waals surface area contributed by atoms with Crippen LogP contribution in [0.5, 0.6) is 0 Å². The summed E-state index contributed by atoms with van der Waals surface area (Å²) in [4.78, 5) is 21.9. The summed E-state index contributed by atoms with van der Waals surface area (Å²) >= 11 is 0. The van der Waals surface area contributed by atoms with Gasteiger partial charge in [0.15, 0.2) is 5.78 Å². The fourth-order valence-electron chi connectivity index (χ4n) is 2.10. The van der Waals surface area contributed by atoms with Gasteiger partial charge in [0.25, 0.3) is 0 Å². The number of hydrogen-bond donors (Lipinski definition) is 1. The van der Waals surface area contributed by atoms with Crippen molar-refractivity contribution in [2.45, 2.75) is 39.0 Å². The molecular formula is C20H25NO2. The highest BCUT2D eigenvalue weighted by Crippen LogP contribution is 2.07. The number of ketones is 1. The molecule has 0 unspecified atom stereocenters. The Balaban J connectivity index is 0.000000238. The highest BCUT2D eigenvalue weighted by atomic mass is 16.1. The zero-order valence-corrected chi connectivity index (χ0v) is 13.7. The van der Waals surface area contributed by atoms with Crippen molar-refractivity contribution in [3.63, 3.8) is 0 Å². The number of carbonyl (C=O) groups excluding carboxylic acids is 2. The van der Waals surface area contributed by atoms with E-state index in [0.717, 1.165) is 24.0 Å². The highest BCUT2D eigenvalue weighted by Gasteiger charge is 2.02. The quantitative estimate of drug-likeness (QED) is 0.616. The number of hydrogen-bond acceptors (Lipinski definition) is 2. The summed E-state index contributed by atoms with van der Waals surface area (Å²) in [5.41, 5.74) is 6.80. The van der Waals surface area contributed by atoms with Gasteiger partial charge in [-0.15, -0.1) is 0 Å². The molecule has 122 valence electrons. The molecule has 0 atom stereocenters. The minimum absolute atomic E-state index is 0.272. The molecular weight excluding hydrogens is 286 g/mol. The second-order valence-electron chi connectivity index (χ2n) is 5.37. The van der Waals surface area contributed by atoms with Crippen LogP contribution in [-0.2, 0) is 11.2 Å². The Kier molecular flexibility index (Phi) is 9.06. The van der Waals surface area contributed by atoms with Gasteiger partial charge in [-0.25, -0.2) is 0 Å². The average Bonchev–Trinajstić information content (AvgIpc) is 2.57. The Hall–Kier alpha value is -2.42. The second-order valence-corrected chi connectivity index (χ2v) is 5.37. The first-order valence-corrected chi connectivity index (χ1v) is 8.04. The van der Waals surface area contributed by atoms with Crippen molar-refractivity contribution < 1.29 is 9.59 Å². The first-order valence-electron chi connectivity index (χ1n) is 8.04. The number of carbonyl (C=O) groups is 2. The largest absolute Gasteiger partial charge is 0.369 e. The first kappa shape index (κ1) is 18.6. The smallest absolute Gasteiger partial charge is 0.221 e. The van der Waals surface area contributed by atoms with Crippen molar-refractivity contribution >= 4 is 11.7 Å². The van der Waals surface area contributed by atoms with Crippen LogP contribution < -0.4 is 5.73 Å². The molecule has 0 aliphatic carbocycles.